The van der Waals surface area contributed by atoms with Crippen molar-refractivity contribution in [3.05, 3.63) is 95.6 Å². The number of amides is 3. The van der Waals surface area contributed by atoms with Gasteiger partial charge in [-0.3, -0.25) is 23.7 Å². The Bertz CT molecular complexity index is 2960. The second-order valence-corrected chi connectivity index (χ2v) is 21.2. The van der Waals surface area contributed by atoms with Gasteiger partial charge < -0.3 is 47.2 Å². The Morgan fingerprint density at radius 1 is 0.667 bits per heavy atom. The summed E-state index contributed by atoms with van der Waals surface area (Å²) >= 11 is 0. The molecular formula is C56H76N14O5. The average molecular weight is 1030 g/mol. The van der Waals surface area contributed by atoms with Crippen molar-refractivity contribution in [2.24, 2.45) is 11.8 Å². The van der Waals surface area contributed by atoms with Gasteiger partial charge in [-0.25, -0.2) is 14.8 Å². The molecule has 0 spiro atoms. The molecule has 6 atom stereocenters. The van der Waals surface area contributed by atoms with Gasteiger partial charge in [-0.1, -0.05) is 39.8 Å². The lowest BCUT2D eigenvalue weighted by molar-refractivity contribution is -0.147. The summed E-state index contributed by atoms with van der Waals surface area (Å²) in [6.07, 6.45) is 17.8. The minimum Gasteiger partial charge on any atom is -0.474 e. The van der Waals surface area contributed by atoms with Crippen LogP contribution in [0.25, 0.3) is 21.8 Å². The van der Waals surface area contributed by atoms with Gasteiger partial charge in [-0.05, 0) is 168 Å². The molecule has 3 amide bonds. The van der Waals surface area contributed by atoms with E-state index in [0.29, 0.717) is 66.4 Å². The van der Waals surface area contributed by atoms with E-state index in [0.717, 1.165) is 84.5 Å². The molecule has 2 aromatic carbocycles. The molecular weight excluding hydrogens is 949 g/mol. The third kappa shape index (κ3) is 13.7. The number of likely N-dealkylation sites (tertiary alicyclic amines) is 3. The Kier molecular flexibility index (Phi) is 17.8. The van der Waals surface area contributed by atoms with Gasteiger partial charge in [0.1, 0.15) is 11.6 Å². The number of aliphatic carboxylic acids is 1. The zero-order chi connectivity index (χ0) is 53.3. The number of carboxylic acid groups (broad SMARTS) is 1. The molecule has 0 bridgehead atoms. The molecule has 400 valence electrons. The van der Waals surface area contributed by atoms with Crippen molar-refractivity contribution in [1.82, 2.24) is 49.5 Å². The lowest BCUT2D eigenvalue weighted by Gasteiger charge is -2.38. The average Bonchev–Trinajstić information content (AvgIpc) is 4.05. The summed E-state index contributed by atoms with van der Waals surface area (Å²) in [5.74, 6) is -1.85. The number of nitrogens with one attached hydrogen (secondary N) is 3. The van der Waals surface area contributed by atoms with Gasteiger partial charge in [-0.2, -0.15) is 10.2 Å². The summed E-state index contributed by atoms with van der Waals surface area (Å²) in [4.78, 5) is 62.0. The van der Waals surface area contributed by atoms with Crippen LogP contribution in [-0.2, 0) is 32.0 Å². The van der Waals surface area contributed by atoms with Crippen molar-refractivity contribution in [3.63, 3.8) is 0 Å². The maximum Gasteiger partial charge on any atom is 0.394 e. The molecule has 4 aliphatic heterocycles. The number of nitrogens with zero attached hydrogens (tertiary/aromatic N) is 9. The summed E-state index contributed by atoms with van der Waals surface area (Å²) in [5, 5.41) is 29.0. The van der Waals surface area contributed by atoms with Crippen LogP contribution in [0.4, 0.5) is 23.0 Å². The lowest BCUT2D eigenvalue weighted by atomic mass is 9.89. The third-order valence-corrected chi connectivity index (χ3v) is 15.2. The molecule has 0 radical (unpaired) electrons. The van der Waals surface area contributed by atoms with Crippen LogP contribution in [0.2, 0.25) is 0 Å². The number of nitrogen functional groups attached to an aromatic ring is 2. The third-order valence-electron chi connectivity index (χ3n) is 15.2. The van der Waals surface area contributed by atoms with E-state index in [9.17, 15) is 19.2 Å². The van der Waals surface area contributed by atoms with E-state index < -0.39 is 23.7 Å². The van der Waals surface area contributed by atoms with Crippen LogP contribution in [0, 0.1) is 11.8 Å². The van der Waals surface area contributed by atoms with Crippen molar-refractivity contribution >= 4 is 68.5 Å². The minimum absolute atomic E-state index is 0.154. The van der Waals surface area contributed by atoms with Gasteiger partial charge in [0.25, 0.3) is 0 Å². The van der Waals surface area contributed by atoms with Crippen LogP contribution < -0.4 is 27.4 Å². The summed E-state index contributed by atoms with van der Waals surface area (Å²) in [5.41, 5.74) is 18.4. The Hall–Kier alpha value is -6.96. The van der Waals surface area contributed by atoms with Crippen LogP contribution in [-0.4, -0.2) is 126 Å². The smallest absolute Gasteiger partial charge is 0.394 e. The molecule has 8 heterocycles. The molecule has 19 nitrogen and oxygen atoms in total. The van der Waals surface area contributed by atoms with E-state index >= 15 is 0 Å². The van der Waals surface area contributed by atoms with Gasteiger partial charge in [0, 0.05) is 48.8 Å². The number of benzene rings is 2. The fraction of sp³-hybridized carbons (Fsp3) is 0.500. The number of nitrogens with two attached hydrogens (primary N) is 2. The van der Waals surface area contributed by atoms with Gasteiger partial charge in [0.15, 0.2) is 0 Å². The van der Waals surface area contributed by atoms with E-state index in [1.807, 2.05) is 19.9 Å². The minimum atomic E-state index is -1.54. The highest BCUT2D eigenvalue weighted by atomic mass is 16.4. The zero-order valence-electron chi connectivity index (χ0n) is 44.5. The molecule has 4 aliphatic rings. The first kappa shape index (κ1) is 54.3. The highest BCUT2D eigenvalue weighted by Gasteiger charge is 2.35. The number of fused-ring (bicyclic) bond motifs is 2. The number of piperidine rings is 4. The Balaban J connectivity index is 0.000000167. The fourth-order valence-electron chi connectivity index (χ4n) is 10.9. The molecule has 8 N–H and O–H groups in total. The Morgan fingerprint density at radius 3 is 1.69 bits per heavy atom. The van der Waals surface area contributed by atoms with Gasteiger partial charge in [-0.15, -0.1) is 0 Å². The van der Waals surface area contributed by atoms with Crippen LogP contribution in [0.3, 0.4) is 0 Å². The van der Waals surface area contributed by atoms with Crippen molar-refractivity contribution in [3.8, 4) is 0 Å². The largest absolute Gasteiger partial charge is 0.474 e. The molecule has 0 aliphatic carbocycles. The van der Waals surface area contributed by atoms with Crippen molar-refractivity contribution < 1.29 is 24.3 Å². The summed E-state index contributed by atoms with van der Waals surface area (Å²) in [6.45, 7) is 14.5. The summed E-state index contributed by atoms with van der Waals surface area (Å²) in [6, 6.07) is 17.7. The lowest BCUT2D eigenvalue weighted by Crippen LogP contribution is -2.46. The normalized spacial score (nSPS) is 22.3. The highest BCUT2D eigenvalue weighted by molar-refractivity contribution is 6.39. The molecule has 19 heteroatoms. The quantitative estimate of drug-likeness (QED) is 0.0814. The number of carbonyl (C=O) groups excluding carboxylic acids is 3. The Labute approximate surface area is 439 Å². The number of aryl methyl sites for hydroxylation is 2. The SMILES string of the molecule is CCc1cc(NC(=O)C(=O)N2C[C@@H](C)CC[C@@H]2c2ccc3nn([C@@H]4CCCN(C)C4)cc3c2)cnc1N.CCc1cc(NC(=O)C(=O)O)cnc1N.C[C@H]1CC[C@H](c2ccc3nn([C@@H]4CCCN(C)C4)cc3c2)NC1. The fourth-order valence-corrected chi connectivity index (χ4v) is 10.9. The first-order chi connectivity index (χ1) is 36.0. The first-order valence-electron chi connectivity index (χ1n) is 26.8. The Morgan fingerprint density at radius 2 is 1.19 bits per heavy atom. The molecule has 0 saturated carbocycles. The molecule has 6 aromatic rings. The maximum absolute atomic E-state index is 13.4. The number of rotatable bonds is 8. The van der Waals surface area contributed by atoms with E-state index in [1.54, 1.807) is 17.0 Å². The number of likely N-dealkylation sites (N-methyl/N-ethyl adjacent to an activating group) is 2. The summed E-state index contributed by atoms with van der Waals surface area (Å²) < 4.78 is 4.31. The monoisotopic (exact) mass is 1020 g/mol. The van der Waals surface area contributed by atoms with Crippen molar-refractivity contribution in [2.75, 3.05) is 75.5 Å². The van der Waals surface area contributed by atoms with Crippen LogP contribution in [0.1, 0.15) is 125 Å². The number of aromatic nitrogens is 6. The molecule has 10 rings (SSSR count). The van der Waals surface area contributed by atoms with Crippen LogP contribution in [0.5, 0.6) is 0 Å². The van der Waals surface area contributed by atoms with Crippen molar-refractivity contribution in [1.29, 1.82) is 0 Å². The number of carbonyl (C=O) groups is 4. The van der Waals surface area contributed by atoms with E-state index in [-0.39, 0.29) is 6.04 Å². The van der Waals surface area contributed by atoms with E-state index in [1.165, 1.54) is 62.0 Å². The van der Waals surface area contributed by atoms with Crippen LogP contribution in [0.15, 0.2) is 73.3 Å². The highest BCUT2D eigenvalue weighted by Crippen LogP contribution is 2.36. The molecule has 4 fully saturated rings. The second kappa shape index (κ2) is 24.6. The molecule has 4 aromatic heterocycles. The van der Waals surface area contributed by atoms with Crippen LogP contribution >= 0.6 is 0 Å². The summed E-state index contributed by atoms with van der Waals surface area (Å²) in [7, 11) is 4.37. The predicted molar refractivity (Wildman–Crippen MR) is 294 cm³/mol. The number of anilines is 4. The van der Waals surface area contributed by atoms with Gasteiger partial charge in [0.05, 0.1) is 52.9 Å². The number of hydrogen-bond donors (Lipinski definition) is 6. The molecule has 75 heavy (non-hydrogen) atoms. The first-order valence-corrected chi connectivity index (χ1v) is 26.8. The predicted octanol–water partition coefficient (Wildman–Crippen LogP) is 7.39. The molecule has 0 unspecified atom stereocenters. The van der Waals surface area contributed by atoms with Gasteiger partial charge in [0.2, 0.25) is 0 Å². The second-order valence-electron chi connectivity index (χ2n) is 21.2. The standard InChI is InChI=1S/C28H37N7O2.C19H28N4.C9H11N3O3/c1-4-19-13-22(14-30-26(19)29)31-27(36)28(37)34-15-18(2)7-10-25(34)20-8-9-24-21(12-20)16-35(32-24)23-6-5-11-33(3)17-23;1-14-5-7-18(20-11-14)15-6-8-19-16(10-15)12-23(21-19)17-4-3-9-22(2)13-17;1-2-5-3-6(4-11-7(5)10)12-8(13)9(14)15/h8-9,12-14,16,18,23,25H,4-7,10-11,15,17H2,1-3H3,(H2,29,30)(H,31,36);6,8,10,12,14,17-18,20H,3-5,7,9,11,13H2,1-2H3;3-4H,2H2,1H3,(H2,10,11)(H,12,13)(H,14,15)/t18-,23+,25+;14-,17+,18+;/m00./s1. The number of hydrogen-bond acceptors (Lipinski definition) is 13. The number of pyridine rings is 2. The van der Waals surface area contributed by atoms with Gasteiger partial charge >= 0.3 is 23.7 Å². The zero-order valence-corrected chi connectivity index (χ0v) is 44.5. The topological polar surface area (TPSA) is 248 Å². The van der Waals surface area contributed by atoms with E-state index in [4.69, 9.17) is 26.8 Å². The molecule has 4 saturated heterocycles. The number of carboxylic acids is 1. The van der Waals surface area contributed by atoms with Crippen molar-refractivity contribution in [2.45, 2.75) is 116 Å². The maximum atomic E-state index is 13.4. The van der Waals surface area contributed by atoms with E-state index in [2.05, 4.69) is 116 Å².